The summed E-state index contributed by atoms with van der Waals surface area (Å²) >= 11 is 0. The minimum absolute atomic E-state index is 0.0566. The van der Waals surface area contributed by atoms with Gasteiger partial charge in [0.15, 0.2) is 5.78 Å². The minimum Gasteiger partial charge on any atom is -0.289 e. The quantitative estimate of drug-likeness (QED) is 0.167. The molecule has 0 aliphatic heterocycles. The molecule has 0 radical (unpaired) electrons. The summed E-state index contributed by atoms with van der Waals surface area (Å²) in [6.07, 6.45) is 0. The van der Waals surface area contributed by atoms with E-state index in [4.69, 9.17) is 0 Å². The molecule has 8 aromatic carbocycles. The molecule has 0 N–H and O–H groups in total. The van der Waals surface area contributed by atoms with E-state index >= 15 is 0 Å². The zero-order valence-electron chi connectivity index (χ0n) is 28.9. The molecule has 4 aliphatic carbocycles. The van der Waals surface area contributed by atoms with Crippen LogP contribution in [0.5, 0.6) is 0 Å². The molecular weight excluding hydrogens is 641 g/mol. The second kappa shape index (κ2) is 10.5. The maximum atomic E-state index is 14.9. The van der Waals surface area contributed by atoms with E-state index in [0.717, 1.165) is 11.1 Å². The lowest BCUT2D eigenvalue weighted by Crippen LogP contribution is -2.26. The summed E-state index contributed by atoms with van der Waals surface area (Å²) in [5, 5.41) is 0. The van der Waals surface area contributed by atoms with Gasteiger partial charge < -0.3 is 0 Å². The van der Waals surface area contributed by atoms with E-state index in [1.807, 2.05) is 6.07 Å². The molecule has 8 aromatic rings. The molecule has 0 aromatic heterocycles. The highest BCUT2D eigenvalue weighted by Gasteiger charge is 2.51. The number of rotatable bonds is 2. The van der Waals surface area contributed by atoms with E-state index in [-0.39, 0.29) is 17.6 Å². The Morgan fingerprint density at radius 1 is 0.321 bits per heavy atom. The van der Waals surface area contributed by atoms with Gasteiger partial charge in [0, 0.05) is 23.0 Å². The number of fused-ring (bicyclic) bond motifs is 21. The van der Waals surface area contributed by atoms with Crippen molar-refractivity contribution >= 4 is 5.78 Å². The lowest BCUT2D eigenvalue weighted by Gasteiger charge is -2.41. The van der Waals surface area contributed by atoms with Crippen LogP contribution in [0.2, 0.25) is 0 Å². The number of carbonyl (C=O) groups excluding carboxylic acids is 1. The van der Waals surface area contributed by atoms with Crippen molar-refractivity contribution in [1.29, 1.82) is 0 Å². The monoisotopic (exact) mass is 672 g/mol. The molecule has 0 saturated heterocycles. The molecular formula is C52H32O. The minimum atomic E-state index is -0.485. The average molecular weight is 673 g/mol. The first-order valence-corrected chi connectivity index (χ1v) is 18.6. The molecule has 0 fully saturated rings. The summed E-state index contributed by atoms with van der Waals surface area (Å²) in [5.74, 6) is 0.320. The molecule has 1 spiro atoms. The fourth-order valence-electron chi connectivity index (χ4n) is 10.7. The Balaban J connectivity index is 1.05. The van der Waals surface area contributed by atoms with Gasteiger partial charge in [0.05, 0.1) is 5.41 Å². The van der Waals surface area contributed by atoms with Crippen LogP contribution in [0.1, 0.15) is 72.3 Å². The van der Waals surface area contributed by atoms with E-state index in [1.54, 1.807) is 0 Å². The van der Waals surface area contributed by atoms with Crippen LogP contribution in [0.25, 0.3) is 44.5 Å². The van der Waals surface area contributed by atoms with Crippen LogP contribution in [0, 0.1) is 0 Å². The van der Waals surface area contributed by atoms with Crippen LogP contribution in [-0.4, -0.2) is 5.78 Å². The third-order valence-corrected chi connectivity index (χ3v) is 12.7. The second-order valence-electron chi connectivity index (χ2n) is 15.0. The van der Waals surface area contributed by atoms with Crippen molar-refractivity contribution in [3.8, 4) is 44.5 Å². The molecule has 12 rings (SSSR count). The third kappa shape index (κ3) is 3.64. The second-order valence-corrected chi connectivity index (χ2v) is 15.0. The number of hydrogen-bond donors (Lipinski definition) is 0. The van der Waals surface area contributed by atoms with Gasteiger partial charge in [0.25, 0.3) is 0 Å². The van der Waals surface area contributed by atoms with Gasteiger partial charge >= 0.3 is 0 Å². The van der Waals surface area contributed by atoms with Crippen molar-refractivity contribution in [3.05, 3.63) is 238 Å². The summed E-state index contributed by atoms with van der Waals surface area (Å²) in [6, 6.07) is 66.0. The van der Waals surface area contributed by atoms with Gasteiger partial charge in [-0.2, -0.15) is 0 Å². The first-order chi connectivity index (χ1) is 26.2. The van der Waals surface area contributed by atoms with Crippen molar-refractivity contribution in [2.24, 2.45) is 0 Å². The standard InChI is InChI=1S/C52H32O/c53-51(32-26-28-40-39-18-9-12-24-47(39)52(48(40)30-32)45-22-10-7-16-37(45)38-17-8-11-23-46(38)52)31-25-27-36-35-15-3-5-20-42(35)49-41-19-4-1-13-33(41)34-14-2-6-21-43(34)50(49)44(36)29-31/h1-30,49-50H. The number of benzene rings is 8. The first-order valence-electron chi connectivity index (χ1n) is 18.6. The average Bonchev–Trinajstić information content (AvgIpc) is 3.70. The Morgan fingerprint density at radius 2 is 0.660 bits per heavy atom. The maximum Gasteiger partial charge on any atom is 0.193 e. The van der Waals surface area contributed by atoms with Crippen LogP contribution < -0.4 is 0 Å². The van der Waals surface area contributed by atoms with Gasteiger partial charge in [-0.15, -0.1) is 0 Å². The van der Waals surface area contributed by atoms with Crippen molar-refractivity contribution in [3.63, 3.8) is 0 Å². The third-order valence-electron chi connectivity index (χ3n) is 12.7. The lowest BCUT2D eigenvalue weighted by atomic mass is 9.61. The first kappa shape index (κ1) is 29.1. The topological polar surface area (TPSA) is 17.1 Å². The number of ketones is 1. The van der Waals surface area contributed by atoms with Crippen molar-refractivity contribution in [2.75, 3.05) is 0 Å². The Bertz CT molecular complexity index is 2830. The summed E-state index contributed by atoms with van der Waals surface area (Å²) in [5.41, 5.74) is 21.3. The zero-order valence-corrected chi connectivity index (χ0v) is 28.9. The van der Waals surface area contributed by atoms with E-state index in [0.29, 0.717) is 0 Å². The normalized spacial score (nSPS) is 16.9. The smallest absolute Gasteiger partial charge is 0.193 e. The van der Waals surface area contributed by atoms with Gasteiger partial charge in [-0.1, -0.05) is 170 Å². The molecule has 0 amide bonds. The van der Waals surface area contributed by atoms with Gasteiger partial charge in [0.1, 0.15) is 0 Å². The highest BCUT2D eigenvalue weighted by Crippen LogP contribution is 2.63. The van der Waals surface area contributed by atoms with Crippen LogP contribution in [0.3, 0.4) is 0 Å². The van der Waals surface area contributed by atoms with Crippen molar-refractivity contribution < 1.29 is 4.79 Å². The van der Waals surface area contributed by atoms with Crippen LogP contribution >= 0.6 is 0 Å². The van der Waals surface area contributed by atoms with Gasteiger partial charge in [-0.25, -0.2) is 0 Å². The van der Waals surface area contributed by atoms with E-state index in [2.05, 4.69) is 176 Å². The van der Waals surface area contributed by atoms with Crippen molar-refractivity contribution in [1.82, 2.24) is 0 Å². The van der Waals surface area contributed by atoms with Crippen LogP contribution in [0.4, 0.5) is 0 Å². The van der Waals surface area contributed by atoms with E-state index < -0.39 is 5.41 Å². The SMILES string of the molecule is O=C(c1ccc2c(c1)C1c3ccccc3-c3ccccc3C1c1ccccc1-2)c1ccc2c(c1)C1(c3ccccc3-c3ccccc31)c1ccccc1-2. The van der Waals surface area contributed by atoms with E-state index in [1.165, 1.54) is 89.0 Å². The maximum absolute atomic E-state index is 14.9. The van der Waals surface area contributed by atoms with Crippen LogP contribution in [-0.2, 0) is 5.41 Å². The van der Waals surface area contributed by atoms with Gasteiger partial charge in [-0.05, 0) is 101 Å². The highest BCUT2D eigenvalue weighted by molar-refractivity contribution is 6.10. The molecule has 0 saturated carbocycles. The number of hydrogen-bond acceptors (Lipinski definition) is 1. The lowest BCUT2D eigenvalue weighted by molar-refractivity contribution is 0.103. The molecule has 1 nitrogen and oxygen atoms in total. The summed E-state index contributed by atoms with van der Waals surface area (Å²) in [4.78, 5) is 14.9. The summed E-state index contributed by atoms with van der Waals surface area (Å²) in [7, 11) is 0. The molecule has 0 heterocycles. The molecule has 0 bridgehead atoms. The molecule has 53 heavy (non-hydrogen) atoms. The molecule has 1 heteroatoms. The van der Waals surface area contributed by atoms with Crippen LogP contribution in [0.15, 0.2) is 182 Å². The zero-order chi connectivity index (χ0) is 34.8. The highest BCUT2D eigenvalue weighted by atomic mass is 16.1. The largest absolute Gasteiger partial charge is 0.289 e. The molecule has 246 valence electrons. The number of carbonyl (C=O) groups is 1. The fourth-order valence-corrected chi connectivity index (χ4v) is 10.7. The van der Waals surface area contributed by atoms with Gasteiger partial charge in [0.2, 0.25) is 0 Å². The Hall–Kier alpha value is -6.57. The van der Waals surface area contributed by atoms with Gasteiger partial charge in [-0.3, -0.25) is 4.79 Å². The fraction of sp³-hybridized carbons (Fsp3) is 0.0577. The molecule has 2 unspecified atom stereocenters. The summed E-state index contributed by atoms with van der Waals surface area (Å²) in [6.45, 7) is 0. The van der Waals surface area contributed by atoms with E-state index in [9.17, 15) is 4.79 Å². The Kier molecular flexibility index (Phi) is 5.75. The Morgan fingerprint density at radius 3 is 1.15 bits per heavy atom. The Labute approximate surface area is 308 Å². The molecule has 2 atom stereocenters. The predicted octanol–water partition coefficient (Wildman–Crippen LogP) is 12.2. The molecule has 4 aliphatic rings. The van der Waals surface area contributed by atoms with Crippen molar-refractivity contribution in [2.45, 2.75) is 17.3 Å². The predicted molar refractivity (Wildman–Crippen MR) is 214 cm³/mol. The summed E-state index contributed by atoms with van der Waals surface area (Å²) < 4.78 is 0.